The topological polar surface area (TPSA) is 46.2 Å². The van der Waals surface area contributed by atoms with Crippen LogP contribution in [0.25, 0.3) is 6.08 Å². The van der Waals surface area contributed by atoms with E-state index < -0.39 is 0 Å². The Morgan fingerprint density at radius 3 is 2.21 bits per heavy atom. The van der Waals surface area contributed by atoms with Gasteiger partial charge in [-0.15, -0.1) is 0 Å². The van der Waals surface area contributed by atoms with E-state index in [-0.39, 0.29) is 0 Å². The molecular weight excluding hydrogens is 234 g/mol. The summed E-state index contributed by atoms with van der Waals surface area (Å²) in [6.45, 7) is 0.830. The van der Waals surface area contributed by atoms with Gasteiger partial charge in [0.15, 0.2) is 0 Å². The van der Waals surface area contributed by atoms with E-state index in [9.17, 15) is 5.11 Å². The second kappa shape index (κ2) is 10.6. The second-order valence-electron chi connectivity index (χ2n) is 5.01. The average Bonchev–Trinajstić information content (AvgIpc) is 2.43. The number of benzene rings is 1. The first-order valence-electron chi connectivity index (χ1n) is 7.49. The summed E-state index contributed by atoms with van der Waals surface area (Å²) in [5, 5.41) is 9.59. The van der Waals surface area contributed by atoms with Gasteiger partial charge in [0.1, 0.15) is 5.75 Å². The van der Waals surface area contributed by atoms with Gasteiger partial charge >= 0.3 is 0 Å². The van der Waals surface area contributed by atoms with E-state index in [2.05, 4.69) is 6.08 Å². The summed E-state index contributed by atoms with van der Waals surface area (Å²) in [5.41, 5.74) is 6.36. The predicted octanol–water partition coefficient (Wildman–Crippen LogP) is 4.48. The molecule has 0 saturated carbocycles. The molecule has 2 nitrogen and oxygen atoms in total. The maximum Gasteiger partial charge on any atom is 0.122 e. The number of allylic oxidation sites excluding steroid dienone is 1. The number of rotatable bonds is 10. The Morgan fingerprint density at radius 1 is 0.895 bits per heavy atom. The Balaban J connectivity index is 2.00. The van der Waals surface area contributed by atoms with Crippen molar-refractivity contribution in [2.45, 2.75) is 51.4 Å². The predicted molar refractivity (Wildman–Crippen MR) is 83.1 cm³/mol. The van der Waals surface area contributed by atoms with Crippen molar-refractivity contribution in [1.29, 1.82) is 0 Å². The summed E-state index contributed by atoms with van der Waals surface area (Å²) in [7, 11) is 0. The third-order valence-electron chi connectivity index (χ3n) is 3.31. The molecule has 2 heteroatoms. The third kappa shape index (κ3) is 7.68. The first-order valence-corrected chi connectivity index (χ1v) is 7.49. The highest BCUT2D eigenvalue weighted by Crippen LogP contribution is 2.17. The van der Waals surface area contributed by atoms with Crippen molar-refractivity contribution in [3.8, 4) is 5.75 Å². The lowest BCUT2D eigenvalue weighted by atomic mass is 10.1. The molecule has 0 amide bonds. The van der Waals surface area contributed by atoms with E-state index in [1.807, 2.05) is 24.3 Å². The number of nitrogens with two attached hydrogens (primary N) is 1. The molecule has 0 aliphatic heterocycles. The van der Waals surface area contributed by atoms with Crippen molar-refractivity contribution in [3.63, 3.8) is 0 Å². The Hall–Kier alpha value is -1.28. The van der Waals surface area contributed by atoms with E-state index in [4.69, 9.17) is 5.73 Å². The van der Waals surface area contributed by atoms with Gasteiger partial charge in [-0.1, -0.05) is 62.5 Å². The molecule has 0 spiro atoms. The fourth-order valence-electron chi connectivity index (χ4n) is 2.13. The van der Waals surface area contributed by atoms with Gasteiger partial charge in [0.25, 0.3) is 0 Å². The SMILES string of the molecule is NCCCCCCCCCC=Cc1ccccc1O. The molecule has 0 radical (unpaired) electrons. The molecule has 0 unspecified atom stereocenters. The van der Waals surface area contributed by atoms with Crippen molar-refractivity contribution >= 4 is 6.08 Å². The van der Waals surface area contributed by atoms with E-state index in [0.29, 0.717) is 5.75 Å². The summed E-state index contributed by atoms with van der Waals surface area (Å²) in [5.74, 6) is 0.360. The normalized spacial score (nSPS) is 11.2. The molecule has 1 aromatic rings. The molecule has 3 N–H and O–H groups in total. The molecule has 0 fully saturated rings. The minimum Gasteiger partial charge on any atom is -0.507 e. The smallest absolute Gasteiger partial charge is 0.122 e. The Kier molecular flexibility index (Phi) is 8.82. The number of phenols is 1. The third-order valence-corrected chi connectivity index (χ3v) is 3.31. The van der Waals surface area contributed by atoms with Crippen molar-refractivity contribution < 1.29 is 5.11 Å². The number of para-hydroxylation sites is 1. The molecule has 0 aliphatic carbocycles. The van der Waals surface area contributed by atoms with Gasteiger partial charge in [0.2, 0.25) is 0 Å². The number of aromatic hydroxyl groups is 1. The monoisotopic (exact) mass is 261 g/mol. The lowest BCUT2D eigenvalue weighted by Crippen LogP contribution is -1.97. The molecule has 0 heterocycles. The number of hydrogen-bond donors (Lipinski definition) is 2. The van der Waals surface area contributed by atoms with Crippen LogP contribution in [0.4, 0.5) is 0 Å². The standard InChI is InChI=1S/C17H27NO/c18-15-11-7-5-3-1-2-4-6-8-12-16-13-9-10-14-17(16)19/h8-10,12-14,19H,1-7,11,15,18H2. The zero-order chi connectivity index (χ0) is 13.8. The fourth-order valence-corrected chi connectivity index (χ4v) is 2.13. The second-order valence-corrected chi connectivity index (χ2v) is 5.01. The molecule has 0 bridgehead atoms. The zero-order valence-corrected chi connectivity index (χ0v) is 11.9. The summed E-state index contributed by atoms with van der Waals surface area (Å²) < 4.78 is 0. The Bertz CT molecular complexity index is 360. The number of phenolic OH excluding ortho intramolecular Hbond substituents is 1. The summed E-state index contributed by atoms with van der Waals surface area (Å²) in [6, 6.07) is 7.45. The van der Waals surface area contributed by atoms with Gasteiger partial charge in [-0.2, -0.15) is 0 Å². The van der Waals surface area contributed by atoms with Crippen LogP contribution in [0, 0.1) is 0 Å². The molecular formula is C17H27NO. The van der Waals surface area contributed by atoms with Gasteiger partial charge in [0.05, 0.1) is 0 Å². The highest BCUT2D eigenvalue weighted by Gasteiger charge is 1.93. The first-order chi connectivity index (χ1) is 9.34. The lowest BCUT2D eigenvalue weighted by molar-refractivity contribution is 0.474. The maximum atomic E-state index is 9.59. The van der Waals surface area contributed by atoms with E-state index in [0.717, 1.165) is 18.5 Å². The quantitative estimate of drug-likeness (QED) is 0.610. The number of unbranched alkanes of at least 4 members (excludes halogenated alkanes) is 7. The molecule has 1 rings (SSSR count). The first kappa shape index (κ1) is 15.8. The lowest BCUT2D eigenvalue weighted by Gasteiger charge is -2.00. The highest BCUT2D eigenvalue weighted by atomic mass is 16.3. The molecule has 19 heavy (non-hydrogen) atoms. The largest absolute Gasteiger partial charge is 0.507 e. The fraction of sp³-hybridized carbons (Fsp3) is 0.529. The summed E-state index contributed by atoms with van der Waals surface area (Å²) >= 11 is 0. The van der Waals surface area contributed by atoms with Gasteiger partial charge in [-0.05, 0) is 31.9 Å². The molecule has 0 atom stereocenters. The number of hydrogen-bond acceptors (Lipinski definition) is 2. The van der Waals surface area contributed by atoms with Gasteiger partial charge < -0.3 is 10.8 Å². The Labute approximate surface area is 117 Å². The molecule has 106 valence electrons. The van der Waals surface area contributed by atoms with Crippen LogP contribution in [0.1, 0.15) is 56.9 Å². The minimum atomic E-state index is 0.360. The van der Waals surface area contributed by atoms with Crippen LogP contribution in [0.3, 0.4) is 0 Å². The van der Waals surface area contributed by atoms with Crippen LogP contribution < -0.4 is 5.73 Å². The summed E-state index contributed by atoms with van der Waals surface area (Å²) in [6.07, 6.45) is 14.2. The van der Waals surface area contributed by atoms with Crippen LogP contribution in [0.5, 0.6) is 5.75 Å². The van der Waals surface area contributed by atoms with E-state index >= 15 is 0 Å². The minimum absolute atomic E-state index is 0.360. The molecule has 0 aliphatic rings. The molecule has 1 aromatic carbocycles. The van der Waals surface area contributed by atoms with Crippen LogP contribution in [0.15, 0.2) is 30.3 Å². The molecule has 0 aromatic heterocycles. The molecule has 0 saturated heterocycles. The Morgan fingerprint density at radius 2 is 1.53 bits per heavy atom. The van der Waals surface area contributed by atoms with Crippen LogP contribution in [0.2, 0.25) is 0 Å². The van der Waals surface area contributed by atoms with Gasteiger partial charge in [0, 0.05) is 5.56 Å². The van der Waals surface area contributed by atoms with E-state index in [1.165, 1.54) is 44.9 Å². The van der Waals surface area contributed by atoms with Crippen molar-refractivity contribution in [1.82, 2.24) is 0 Å². The van der Waals surface area contributed by atoms with E-state index in [1.54, 1.807) is 6.07 Å². The van der Waals surface area contributed by atoms with Crippen LogP contribution >= 0.6 is 0 Å². The zero-order valence-electron chi connectivity index (χ0n) is 11.9. The van der Waals surface area contributed by atoms with Crippen molar-refractivity contribution in [2.24, 2.45) is 5.73 Å². The van der Waals surface area contributed by atoms with Gasteiger partial charge in [-0.3, -0.25) is 0 Å². The maximum absolute atomic E-state index is 9.59. The van der Waals surface area contributed by atoms with Crippen LogP contribution in [-0.4, -0.2) is 11.7 Å². The van der Waals surface area contributed by atoms with Crippen LogP contribution in [-0.2, 0) is 0 Å². The van der Waals surface area contributed by atoms with Crippen molar-refractivity contribution in [3.05, 3.63) is 35.9 Å². The highest BCUT2D eigenvalue weighted by molar-refractivity contribution is 5.56. The van der Waals surface area contributed by atoms with Crippen molar-refractivity contribution in [2.75, 3.05) is 6.54 Å². The van der Waals surface area contributed by atoms with Gasteiger partial charge in [-0.25, -0.2) is 0 Å². The average molecular weight is 261 g/mol. The summed E-state index contributed by atoms with van der Waals surface area (Å²) in [4.78, 5) is 0.